The third-order valence-electron chi connectivity index (χ3n) is 3.43. The van der Waals surface area contributed by atoms with Crippen molar-refractivity contribution in [3.8, 4) is 0 Å². The topological polar surface area (TPSA) is 71.6 Å². The van der Waals surface area contributed by atoms with E-state index in [-0.39, 0.29) is 12.6 Å². The zero-order valence-corrected chi connectivity index (χ0v) is 10.6. The Hall–Kier alpha value is -1.85. The maximum atomic E-state index is 9.41. The first-order chi connectivity index (χ1) is 9.28. The summed E-state index contributed by atoms with van der Waals surface area (Å²) in [5.41, 5.74) is 7.41. The van der Waals surface area contributed by atoms with Crippen LogP contribution >= 0.6 is 0 Å². The number of nitrogens with two attached hydrogens (primary N) is 1. The predicted molar refractivity (Wildman–Crippen MR) is 75.2 cm³/mol. The molecule has 1 aromatic heterocycles. The Kier molecular flexibility index (Phi) is 3.23. The van der Waals surface area contributed by atoms with Gasteiger partial charge in [-0.3, -0.25) is 0 Å². The van der Waals surface area contributed by atoms with E-state index in [9.17, 15) is 5.11 Å². The number of rotatable bonds is 2. The zero-order valence-electron chi connectivity index (χ0n) is 10.6. The lowest BCUT2D eigenvalue weighted by Gasteiger charge is -2.35. The van der Waals surface area contributed by atoms with Crippen molar-refractivity contribution in [2.45, 2.75) is 6.04 Å². The van der Waals surface area contributed by atoms with Crippen molar-refractivity contribution in [2.24, 2.45) is 0 Å². The molecule has 2 heterocycles. The van der Waals surface area contributed by atoms with Gasteiger partial charge in [0.15, 0.2) is 0 Å². The first kappa shape index (κ1) is 12.2. The quantitative estimate of drug-likeness (QED) is 0.788. The SMILES string of the molecule is Nc1ccc2nc(N3CCOCC3CO)ccc2c1. The summed E-state index contributed by atoms with van der Waals surface area (Å²) in [4.78, 5) is 6.74. The van der Waals surface area contributed by atoms with Gasteiger partial charge in [0.2, 0.25) is 0 Å². The van der Waals surface area contributed by atoms with Crippen LogP contribution in [0.2, 0.25) is 0 Å². The van der Waals surface area contributed by atoms with E-state index in [1.165, 1.54) is 0 Å². The van der Waals surface area contributed by atoms with E-state index in [1.807, 2.05) is 30.3 Å². The first-order valence-corrected chi connectivity index (χ1v) is 6.39. The monoisotopic (exact) mass is 259 g/mol. The van der Waals surface area contributed by atoms with Gasteiger partial charge < -0.3 is 20.5 Å². The van der Waals surface area contributed by atoms with Gasteiger partial charge in [0.25, 0.3) is 0 Å². The van der Waals surface area contributed by atoms with Crippen LogP contribution in [0.4, 0.5) is 11.5 Å². The Morgan fingerprint density at radius 2 is 2.26 bits per heavy atom. The van der Waals surface area contributed by atoms with Crippen LogP contribution in [0.5, 0.6) is 0 Å². The lowest BCUT2D eigenvalue weighted by Crippen LogP contribution is -2.48. The Morgan fingerprint density at radius 3 is 3.11 bits per heavy atom. The maximum Gasteiger partial charge on any atom is 0.129 e. The van der Waals surface area contributed by atoms with Gasteiger partial charge >= 0.3 is 0 Å². The van der Waals surface area contributed by atoms with E-state index in [4.69, 9.17) is 10.5 Å². The number of pyridine rings is 1. The highest BCUT2D eigenvalue weighted by atomic mass is 16.5. The molecule has 0 saturated carbocycles. The Morgan fingerprint density at radius 1 is 1.37 bits per heavy atom. The summed E-state index contributed by atoms with van der Waals surface area (Å²) in [6.07, 6.45) is 0. The normalized spacial score (nSPS) is 19.8. The van der Waals surface area contributed by atoms with Crippen LogP contribution in [0, 0.1) is 0 Å². The van der Waals surface area contributed by atoms with Crippen LogP contribution in [0.1, 0.15) is 0 Å². The van der Waals surface area contributed by atoms with Gasteiger partial charge in [-0.05, 0) is 30.3 Å². The predicted octanol–water partition coefficient (Wildman–Crippen LogP) is 1.01. The van der Waals surface area contributed by atoms with Gasteiger partial charge in [-0.1, -0.05) is 0 Å². The lowest BCUT2D eigenvalue weighted by molar-refractivity contribution is 0.0723. The molecular weight excluding hydrogens is 242 g/mol. The molecule has 100 valence electrons. The maximum absolute atomic E-state index is 9.41. The van der Waals surface area contributed by atoms with Crippen molar-refractivity contribution in [1.82, 2.24) is 4.98 Å². The highest BCUT2D eigenvalue weighted by Gasteiger charge is 2.23. The van der Waals surface area contributed by atoms with E-state index >= 15 is 0 Å². The van der Waals surface area contributed by atoms with Gasteiger partial charge in [-0.25, -0.2) is 4.98 Å². The highest BCUT2D eigenvalue weighted by Crippen LogP contribution is 2.22. The molecule has 5 nitrogen and oxygen atoms in total. The Labute approximate surface area is 111 Å². The molecule has 1 aliphatic heterocycles. The highest BCUT2D eigenvalue weighted by molar-refractivity contribution is 5.83. The second-order valence-corrected chi connectivity index (χ2v) is 4.73. The fourth-order valence-electron chi connectivity index (χ4n) is 2.40. The number of hydrogen-bond acceptors (Lipinski definition) is 5. The van der Waals surface area contributed by atoms with Gasteiger partial charge in [-0.15, -0.1) is 0 Å². The summed E-state index contributed by atoms with van der Waals surface area (Å²) in [6.45, 7) is 2.02. The van der Waals surface area contributed by atoms with Crippen LogP contribution in [-0.2, 0) is 4.74 Å². The van der Waals surface area contributed by atoms with Crippen molar-refractivity contribution in [2.75, 3.05) is 37.0 Å². The number of anilines is 2. The number of morpholine rings is 1. The summed E-state index contributed by atoms with van der Waals surface area (Å²) in [5, 5.41) is 10.4. The number of nitrogen functional groups attached to an aromatic ring is 1. The Balaban J connectivity index is 1.97. The van der Waals surface area contributed by atoms with Crippen LogP contribution in [0.15, 0.2) is 30.3 Å². The summed E-state index contributed by atoms with van der Waals surface area (Å²) in [7, 11) is 0. The minimum absolute atomic E-state index is 0.0209. The standard InChI is InChI=1S/C14H17N3O2/c15-11-2-3-13-10(7-11)1-4-14(16-13)17-5-6-19-9-12(17)8-18/h1-4,7,12,18H,5-6,8-9,15H2. The van der Waals surface area contributed by atoms with Crippen LogP contribution in [0.25, 0.3) is 10.9 Å². The number of nitrogens with zero attached hydrogens (tertiary/aromatic N) is 2. The van der Waals surface area contributed by atoms with Gasteiger partial charge in [0.1, 0.15) is 5.82 Å². The molecule has 1 aromatic carbocycles. The summed E-state index contributed by atoms with van der Waals surface area (Å²) >= 11 is 0. The third kappa shape index (κ3) is 2.34. The molecule has 0 amide bonds. The number of benzene rings is 1. The molecule has 1 unspecified atom stereocenters. The minimum Gasteiger partial charge on any atom is -0.399 e. The number of ether oxygens (including phenoxy) is 1. The summed E-state index contributed by atoms with van der Waals surface area (Å²) in [6, 6.07) is 9.64. The van der Waals surface area contributed by atoms with Crippen molar-refractivity contribution >= 4 is 22.4 Å². The lowest BCUT2D eigenvalue weighted by atomic mass is 10.2. The molecule has 1 atom stereocenters. The zero-order chi connectivity index (χ0) is 13.2. The molecule has 0 aliphatic carbocycles. The second-order valence-electron chi connectivity index (χ2n) is 4.73. The molecule has 1 fully saturated rings. The van der Waals surface area contributed by atoms with E-state index in [0.717, 1.165) is 29.0 Å². The molecule has 19 heavy (non-hydrogen) atoms. The van der Waals surface area contributed by atoms with Gasteiger partial charge in [0, 0.05) is 17.6 Å². The molecule has 3 rings (SSSR count). The number of fused-ring (bicyclic) bond motifs is 1. The molecule has 5 heteroatoms. The molecule has 0 radical (unpaired) electrons. The molecular formula is C14H17N3O2. The largest absolute Gasteiger partial charge is 0.399 e. The summed E-state index contributed by atoms with van der Waals surface area (Å²) in [5.74, 6) is 0.875. The Bertz CT molecular complexity index is 588. The fraction of sp³-hybridized carbons (Fsp3) is 0.357. The van der Waals surface area contributed by atoms with Crippen LogP contribution in [-0.4, -0.2) is 42.5 Å². The average Bonchev–Trinajstić information content (AvgIpc) is 2.46. The molecule has 0 bridgehead atoms. The minimum atomic E-state index is -0.0209. The van der Waals surface area contributed by atoms with E-state index in [0.29, 0.717) is 13.2 Å². The molecule has 0 spiro atoms. The average molecular weight is 259 g/mol. The summed E-state index contributed by atoms with van der Waals surface area (Å²) < 4.78 is 5.38. The number of aliphatic hydroxyl groups is 1. The number of hydrogen-bond donors (Lipinski definition) is 2. The van der Waals surface area contributed by atoms with Crippen molar-refractivity contribution < 1.29 is 9.84 Å². The van der Waals surface area contributed by atoms with E-state index < -0.39 is 0 Å². The van der Waals surface area contributed by atoms with Crippen LogP contribution in [0.3, 0.4) is 0 Å². The number of aromatic nitrogens is 1. The smallest absolute Gasteiger partial charge is 0.129 e. The van der Waals surface area contributed by atoms with Crippen molar-refractivity contribution in [1.29, 1.82) is 0 Å². The second kappa shape index (κ2) is 5.03. The van der Waals surface area contributed by atoms with Gasteiger partial charge in [0.05, 0.1) is 31.4 Å². The third-order valence-corrected chi connectivity index (χ3v) is 3.43. The molecule has 2 aromatic rings. The van der Waals surface area contributed by atoms with Gasteiger partial charge in [-0.2, -0.15) is 0 Å². The van der Waals surface area contributed by atoms with Crippen molar-refractivity contribution in [3.63, 3.8) is 0 Å². The molecule has 1 aliphatic rings. The molecule has 3 N–H and O–H groups in total. The van der Waals surface area contributed by atoms with E-state index in [1.54, 1.807) is 0 Å². The first-order valence-electron chi connectivity index (χ1n) is 6.39. The van der Waals surface area contributed by atoms with Crippen LogP contribution < -0.4 is 10.6 Å². The fourth-order valence-corrected chi connectivity index (χ4v) is 2.40. The van der Waals surface area contributed by atoms with E-state index in [2.05, 4.69) is 9.88 Å². The molecule has 1 saturated heterocycles. The number of aliphatic hydroxyl groups excluding tert-OH is 1. The van der Waals surface area contributed by atoms with Crippen molar-refractivity contribution in [3.05, 3.63) is 30.3 Å².